The monoisotopic (exact) mass is 666 g/mol. The molecular weight excluding hydrogens is 637 g/mol. The van der Waals surface area contributed by atoms with Crippen LogP contribution in [-0.2, 0) is 0 Å². The zero-order valence-electron chi connectivity index (χ0n) is 27.6. The lowest BCUT2D eigenvalue weighted by atomic mass is 10.0. The van der Waals surface area contributed by atoms with E-state index in [2.05, 4.69) is 191 Å². The SMILES string of the molecule is c1ccc(-c2ccc3c(c2)c2ccccc2n3-c2ccc3sc4ccc(-n5c6ccccc6c6cc(-c7ccccc7)ccc65)cc4c3c2)cc1. The van der Waals surface area contributed by atoms with Crippen LogP contribution in [0.2, 0.25) is 0 Å². The van der Waals surface area contributed by atoms with Crippen LogP contribution in [0, 0.1) is 0 Å². The van der Waals surface area contributed by atoms with Crippen molar-refractivity contribution in [2.24, 2.45) is 0 Å². The van der Waals surface area contributed by atoms with E-state index in [4.69, 9.17) is 0 Å². The topological polar surface area (TPSA) is 9.86 Å². The molecule has 11 aromatic rings. The summed E-state index contributed by atoms with van der Waals surface area (Å²) in [4.78, 5) is 0. The van der Waals surface area contributed by atoms with Crippen molar-refractivity contribution < 1.29 is 0 Å². The predicted molar refractivity (Wildman–Crippen MR) is 219 cm³/mol. The molecule has 0 N–H and O–H groups in total. The van der Waals surface area contributed by atoms with Gasteiger partial charge in [-0.15, -0.1) is 11.3 Å². The van der Waals surface area contributed by atoms with Gasteiger partial charge in [0.1, 0.15) is 0 Å². The van der Waals surface area contributed by atoms with E-state index >= 15 is 0 Å². The van der Waals surface area contributed by atoms with Crippen LogP contribution in [0.15, 0.2) is 182 Å². The van der Waals surface area contributed by atoms with Crippen molar-refractivity contribution in [2.45, 2.75) is 0 Å². The van der Waals surface area contributed by atoms with Crippen molar-refractivity contribution >= 4 is 75.1 Å². The van der Waals surface area contributed by atoms with Gasteiger partial charge in [-0.05, 0) is 95.1 Å². The molecule has 8 aromatic carbocycles. The van der Waals surface area contributed by atoms with E-state index in [1.807, 2.05) is 11.3 Å². The number of rotatable bonds is 4. The Bertz CT molecular complexity index is 2910. The van der Waals surface area contributed by atoms with Gasteiger partial charge < -0.3 is 9.13 Å². The summed E-state index contributed by atoms with van der Waals surface area (Å²) < 4.78 is 7.47. The van der Waals surface area contributed by atoms with Gasteiger partial charge in [0.25, 0.3) is 0 Å². The first-order valence-electron chi connectivity index (χ1n) is 17.4. The minimum absolute atomic E-state index is 1.18. The highest BCUT2D eigenvalue weighted by molar-refractivity contribution is 7.25. The zero-order valence-corrected chi connectivity index (χ0v) is 28.4. The largest absolute Gasteiger partial charge is 0.309 e. The molecule has 0 radical (unpaired) electrons. The summed E-state index contributed by atoms with van der Waals surface area (Å²) in [5.41, 5.74) is 12.2. The third-order valence-corrected chi connectivity index (χ3v) is 11.7. The van der Waals surface area contributed by atoms with Crippen LogP contribution >= 0.6 is 11.3 Å². The summed E-state index contributed by atoms with van der Waals surface area (Å²) >= 11 is 1.87. The minimum atomic E-state index is 1.18. The maximum atomic E-state index is 2.43. The lowest BCUT2D eigenvalue weighted by Gasteiger charge is -2.10. The quantitative estimate of drug-likeness (QED) is 0.177. The molecule has 0 aliphatic carbocycles. The molecule has 0 aliphatic rings. The molecule has 0 saturated heterocycles. The van der Waals surface area contributed by atoms with Crippen LogP contribution in [0.5, 0.6) is 0 Å². The van der Waals surface area contributed by atoms with Crippen LogP contribution in [0.1, 0.15) is 0 Å². The second-order valence-electron chi connectivity index (χ2n) is 13.4. The third-order valence-electron chi connectivity index (χ3n) is 10.5. The standard InChI is InChI=1S/C48H30N2S/c1-3-11-31(12-4-1)33-19-23-45-39(27-33)37-15-7-9-17-43(37)49(45)35-21-25-47-41(29-35)42-30-36(22-26-48(42)51-47)50-44-18-10-8-16-38(44)40-28-34(20-24-46(40)50)32-13-5-2-6-14-32/h1-30H. The lowest BCUT2D eigenvalue weighted by molar-refractivity contribution is 1.18. The number of aromatic nitrogens is 2. The molecule has 3 heterocycles. The van der Waals surface area contributed by atoms with E-state index in [9.17, 15) is 0 Å². The average molecular weight is 667 g/mol. The molecule has 238 valence electrons. The molecule has 51 heavy (non-hydrogen) atoms. The second-order valence-corrected chi connectivity index (χ2v) is 14.4. The number of thiophene rings is 1. The maximum Gasteiger partial charge on any atom is 0.0541 e. The molecule has 0 spiro atoms. The van der Waals surface area contributed by atoms with E-state index in [0.29, 0.717) is 0 Å². The van der Waals surface area contributed by atoms with Gasteiger partial charge in [0.2, 0.25) is 0 Å². The van der Waals surface area contributed by atoms with Gasteiger partial charge in [0.15, 0.2) is 0 Å². The smallest absolute Gasteiger partial charge is 0.0541 e. The van der Waals surface area contributed by atoms with Crippen LogP contribution in [0.3, 0.4) is 0 Å². The molecule has 2 nitrogen and oxygen atoms in total. The summed E-state index contributed by atoms with van der Waals surface area (Å²) in [5.74, 6) is 0. The Hall–Kier alpha value is -6.42. The highest BCUT2D eigenvalue weighted by atomic mass is 32.1. The minimum Gasteiger partial charge on any atom is -0.309 e. The third kappa shape index (κ3) is 4.35. The molecule has 0 fully saturated rings. The molecule has 0 atom stereocenters. The first kappa shape index (κ1) is 28.4. The number of hydrogen-bond donors (Lipinski definition) is 0. The Morgan fingerprint density at radius 3 is 1.16 bits per heavy atom. The van der Waals surface area contributed by atoms with E-state index < -0.39 is 0 Å². The molecule has 0 saturated carbocycles. The van der Waals surface area contributed by atoms with Gasteiger partial charge in [0, 0.05) is 53.1 Å². The Kier molecular flexibility index (Phi) is 6.16. The molecule has 3 aromatic heterocycles. The van der Waals surface area contributed by atoms with Crippen LogP contribution in [0.4, 0.5) is 0 Å². The van der Waals surface area contributed by atoms with Crippen molar-refractivity contribution in [2.75, 3.05) is 0 Å². The highest BCUT2D eigenvalue weighted by Gasteiger charge is 2.17. The van der Waals surface area contributed by atoms with Crippen LogP contribution in [-0.4, -0.2) is 9.13 Å². The summed E-state index contributed by atoms with van der Waals surface area (Å²) in [7, 11) is 0. The van der Waals surface area contributed by atoms with Crippen molar-refractivity contribution in [1.29, 1.82) is 0 Å². The van der Waals surface area contributed by atoms with Crippen molar-refractivity contribution in [3.05, 3.63) is 182 Å². The molecule has 3 heteroatoms. The molecule has 0 bridgehead atoms. The zero-order chi connectivity index (χ0) is 33.5. The molecule has 0 aliphatic heterocycles. The van der Waals surface area contributed by atoms with Crippen molar-refractivity contribution in [3.63, 3.8) is 0 Å². The van der Waals surface area contributed by atoms with Gasteiger partial charge >= 0.3 is 0 Å². The molecular formula is C48H30N2S. The maximum absolute atomic E-state index is 2.43. The molecule has 0 unspecified atom stereocenters. The summed E-state index contributed by atoms with van der Waals surface area (Å²) in [6, 6.07) is 66.7. The highest BCUT2D eigenvalue weighted by Crippen LogP contribution is 2.41. The summed E-state index contributed by atoms with van der Waals surface area (Å²) in [6.07, 6.45) is 0. The fraction of sp³-hybridized carbons (Fsp3) is 0. The Morgan fingerprint density at radius 1 is 0.275 bits per heavy atom. The Labute approximate surface area is 298 Å². The van der Waals surface area contributed by atoms with Crippen LogP contribution < -0.4 is 0 Å². The molecule has 0 amide bonds. The van der Waals surface area contributed by atoms with Gasteiger partial charge in [-0.1, -0.05) is 109 Å². The summed E-state index contributed by atoms with van der Waals surface area (Å²) in [6.45, 7) is 0. The van der Waals surface area contributed by atoms with Gasteiger partial charge in [-0.3, -0.25) is 0 Å². The number of fused-ring (bicyclic) bond motifs is 9. The fourth-order valence-electron chi connectivity index (χ4n) is 8.15. The Morgan fingerprint density at radius 2 is 0.686 bits per heavy atom. The van der Waals surface area contributed by atoms with E-state index in [1.54, 1.807) is 0 Å². The number of para-hydroxylation sites is 2. The predicted octanol–water partition coefficient (Wildman–Crippen LogP) is 13.6. The average Bonchev–Trinajstić information content (AvgIpc) is 3.85. The fourth-order valence-corrected chi connectivity index (χ4v) is 9.22. The number of benzene rings is 8. The van der Waals surface area contributed by atoms with E-state index in [0.717, 1.165) is 0 Å². The van der Waals surface area contributed by atoms with Crippen LogP contribution in [0.25, 0.3) is 97.4 Å². The first-order valence-corrected chi connectivity index (χ1v) is 18.2. The van der Waals surface area contributed by atoms with Crippen molar-refractivity contribution in [3.8, 4) is 33.6 Å². The van der Waals surface area contributed by atoms with Gasteiger partial charge in [-0.25, -0.2) is 0 Å². The number of nitrogens with zero attached hydrogens (tertiary/aromatic N) is 2. The van der Waals surface area contributed by atoms with Gasteiger partial charge in [-0.2, -0.15) is 0 Å². The lowest BCUT2D eigenvalue weighted by Crippen LogP contribution is -1.94. The normalized spacial score (nSPS) is 11.9. The first-order chi connectivity index (χ1) is 25.3. The summed E-state index contributed by atoms with van der Waals surface area (Å²) in [5, 5.41) is 7.65. The Balaban J connectivity index is 1.10. The second kappa shape index (κ2) is 11.0. The van der Waals surface area contributed by atoms with Crippen molar-refractivity contribution in [1.82, 2.24) is 9.13 Å². The number of hydrogen-bond acceptors (Lipinski definition) is 1. The van der Waals surface area contributed by atoms with E-state index in [-0.39, 0.29) is 0 Å². The van der Waals surface area contributed by atoms with Gasteiger partial charge in [0.05, 0.1) is 22.1 Å². The molecule has 11 rings (SSSR count). The van der Waals surface area contributed by atoms with E-state index in [1.165, 1.54) is 97.4 Å².